The Labute approximate surface area is 168 Å². The summed E-state index contributed by atoms with van der Waals surface area (Å²) in [5.74, 6) is -0.320. The van der Waals surface area contributed by atoms with Crippen molar-refractivity contribution in [2.45, 2.75) is 26.1 Å². The highest BCUT2D eigenvalue weighted by Crippen LogP contribution is 2.31. The van der Waals surface area contributed by atoms with Crippen molar-refractivity contribution in [3.63, 3.8) is 0 Å². The quantitative estimate of drug-likeness (QED) is 0.390. The van der Waals surface area contributed by atoms with Crippen LogP contribution in [0.3, 0.4) is 0 Å². The Hall–Kier alpha value is -1.93. The zero-order valence-electron chi connectivity index (χ0n) is 14.3. The summed E-state index contributed by atoms with van der Waals surface area (Å²) in [7, 11) is 0. The van der Waals surface area contributed by atoms with Gasteiger partial charge >= 0.3 is 6.18 Å². The van der Waals surface area contributed by atoms with Gasteiger partial charge in [0.15, 0.2) is 4.80 Å². The summed E-state index contributed by atoms with van der Waals surface area (Å²) in [6.07, 6.45) is -3.57. The lowest BCUT2D eigenvalue weighted by molar-refractivity contribution is -0.137. The lowest BCUT2D eigenvalue weighted by Crippen LogP contribution is -2.15. The summed E-state index contributed by atoms with van der Waals surface area (Å²) in [6, 6.07) is 11.1. The number of thiazole rings is 1. The smallest absolute Gasteiger partial charge is 0.316 e. The molecule has 0 saturated heterocycles. The highest BCUT2D eigenvalue weighted by Gasteiger charge is 2.30. The van der Waals surface area contributed by atoms with Crippen molar-refractivity contribution in [2.24, 2.45) is 4.99 Å². The molecule has 0 aliphatic rings. The molecule has 0 spiro atoms. The molecule has 0 amide bonds. The van der Waals surface area contributed by atoms with Gasteiger partial charge in [0.05, 0.1) is 16.9 Å². The summed E-state index contributed by atoms with van der Waals surface area (Å²) in [4.78, 5) is 5.01. The number of nitrogens with zero attached hydrogens (tertiary/aromatic N) is 2. The first kappa shape index (κ1) is 21.4. The normalized spacial score (nSPS) is 12.1. The summed E-state index contributed by atoms with van der Waals surface area (Å²) < 4.78 is 53.8. The van der Waals surface area contributed by atoms with Crippen LogP contribution in [0.2, 0.25) is 0 Å². The maximum Gasteiger partial charge on any atom is 0.416 e. The molecule has 0 bridgehead atoms. The van der Waals surface area contributed by atoms with Gasteiger partial charge in [-0.25, -0.2) is 9.38 Å². The molecule has 144 valence electrons. The van der Waals surface area contributed by atoms with Crippen molar-refractivity contribution < 1.29 is 17.6 Å². The molecule has 1 heterocycles. The molecular weight excluding hydrogens is 444 g/mol. The molecule has 0 radical (unpaired) electrons. The van der Waals surface area contributed by atoms with Gasteiger partial charge in [-0.1, -0.05) is 13.0 Å². The monoisotopic (exact) mass is 460 g/mol. The predicted octanol–water partition coefficient (Wildman–Crippen LogP) is 6.59. The van der Waals surface area contributed by atoms with Crippen LogP contribution in [0.4, 0.5) is 23.2 Å². The largest absolute Gasteiger partial charge is 0.416 e. The van der Waals surface area contributed by atoms with E-state index in [4.69, 9.17) is 0 Å². The van der Waals surface area contributed by atoms with E-state index in [0.29, 0.717) is 11.3 Å². The van der Waals surface area contributed by atoms with Gasteiger partial charge in [-0.15, -0.1) is 28.3 Å². The van der Waals surface area contributed by atoms with Crippen LogP contribution < -0.4 is 4.80 Å². The second kappa shape index (κ2) is 8.84. The fraction of sp³-hybridized carbons (Fsp3) is 0.211. The first-order chi connectivity index (χ1) is 12.4. The van der Waals surface area contributed by atoms with E-state index in [0.717, 1.165) is 29.8 Å². The molecule has 0 aliphatic carbocycles. The fourth-order valence-electron chi connectivity index (χ4n) is 2.57. The lowest BCUT2D eigenvalue weighted by atomic mass is 10.1. The number of benzene rings is 2. The van der Waals surface area contributed by atoms with Crippen LogP contribution in [0.15, 0.2) is 58.9 Å². The Balaban J connectivity index is 0.00000261. The molecule has 2 aromatic carbocycles. The minimum absolute atomic E-state index is 0. The van der Waals surface area contributed by atoms with Crippen molar-refractivity contribution in [2.75, 3.05) is 0 Å². The van der Waals surface area contributed by atoms with Crippen molar-refractivity contribution in [1.29, 1.82) is 0 Å². The van der Waals surface area contributed by atoms with Gasteiger partial charge in [-0.2, -0.15) is 13.2 Å². The van der Waals surface area contributed by atoms with E-state index in [2.05, 4.69) is 4.99 Å². The van der Waals surface area contributed by atoms with E-state index in [1.165, 1.54) is 29.5 Å². The van der Waals surface area contributed by atoms with E-state index in [-0.39, 0.29) is 28.5 Å². The summed E-state index contributed by atoms with van der Waals surface area (Å²) in [6.45, 7) is 2.67. The van der Waals surface area contributed by atoms with E-state index >= 15 is 0 Å². The molecular formula is C19H17BrF4N2S. The molecule has 8 heteroatoms. The maximum atomic E-state index is 13.2. The van der Waals surface area contributed by atoms with Crippen LogP contribution in [-0.2, 0) is 12.7 Å². The Kier molecular flexibility index (Phi) is 7.00. The molecule has 0 unspecified atom stereocenters. The van der Waals surface area contributed by atoms with E-state index in [9.17, 15) is 17.6 Å². The maximum absolute atomic E-state index is 13.2. The molecule has 0 saturated carbocycles. The summed E-state index contributed by atoms with van der Waals surface area (Å²) in [5.41, 5.74) is 1.22. The highest BCUT2D eigenvalue weighted by molar-refractivity contribution is 8.93. The molecule has 3 aromatic rings. The Morgan fingerprint density at radius 2 is 1.78 bits per heavy atom. The van der Waals surface area contributed by atoms with Crippen LogP contribution in [0, 0.1) is 5.82 Å². The van der Waals surface area contributed by atoms with Crippen LogP contribution in [0.5, 0.6) is 0 Å². The van der Waals surface area contributed by atoms with Crippen molar-refractivity contribution in [1.82, 2.24) is 4.57 Å². The predicted molar refractivity (Wildman–Crippen MR) is 105 cm³/mol. The number of aromatic nitrogens is 1. The Morgan fingerprint density at radius 1 is 1.07 bits per heavy atom. The van der Waals surface area contributed by atoms with E-state index in [1.54, 1.807) is 18.2 Å². The van der Waals surface area contributed by atoms with Crippen molar-refractivity contribution in [3.05, 3.63) is 70.1 Å². The van der Waals surface area contributed by atoms with Crippen LogP contribution in [-0.4, -0.2) is 4.57 Å². The Morgan fingerprint density at radius 3 is 2.41 bits per heavy atom. The third-order valence-electron chi connectivity index (χ3n) is 3.78. The topological polar surface area (TPSA) is 17.3 Å². The van der Waals surface area contributed by atoms with Crippen LogP contribution >= 0.6 is 28.3 Å². The van der Waals surface area contributed by atoms with Gasteiger partial charge in [-0.3, -0.25) is 0 Å². The SMILES string of the molecule is Br.CCCn1c(-c2ccc(F)cc2)csc1=Nc1cccc(C(F)(F)F)c1. The number of rotatable bonds is 4. The fourth-order valence-corrected chi connectivity index (χ4v) is 3.53. The molecule has 2 nitrogen and oxygen atoms in total. The van der Waals surface area contributed by atoms with Crippen molar-refractivity contribution >= 4 is 34.0 Å². The summed E-state index contributed by atoms with van der Waals surface area (Å²) in [5, 5.41) is 1.88. The molecule has 3 rings (SSSR count). The number of hydrogen-bond donors (Lipinski definition) is 0. The average Bonchev–Trinajstić information content (AvgIpc) is 2.98. The minimum Gasteiger partial charge on any atom is -0.316 e. The molecule has 27 heavy (non-hydrogen) atoms. The zero-order chi connectivity index (χ0) is 18.7. The van der Waals surface area contributed by atoms with Crippen molar-refractivity contribution in [3.8, 4) is 11.3 Å². The molecule has 0 N–H and O–H groups in total. The third-order valence-corrected chi connectivity index (χ3v) is 4.65. The third kappa shape index (κ3) is 5.07. The number of hydrogen-bond acceptors (Lipinski definition) is 2. The van der Waals surface area contributed by atoms with Gasteiger partial charge < -0.3 is 4.57 Å². The first-order valence-electron chi connectivity index (χ1n) is 8.04. The van der Waals surface area contributed by atoms with E-state index in [1.807, 2.05) is 16.9 Å². The Bertz CT molecular complexity index is 959. The lowest BCUT2D eigenvalue weighted by Gasteiger charge is -2.08. The zero-order valence-corrected chi connectivity index (χ0v) is 16.9. The second-order valence-electron chi connectivity index (χ2n) is 5.72. The number of alkyl halides is 3. The molecule has 0 atom stereocenters. The van der Waals surface area contributed by atoms with Gasteiger partial charge in [0.25, 0.3) is 0 Å². The number of halogens is 5. The molecule has 0 aliphatic heterocycles. The summed E-state index contributed by atoms with van der Waals surface area (Å²) >= 11 is 1.34. The molecule has 1 aromatic heterocycles. The first-order valence-corrected chi connectivity index (χ1v) is 8.92. The van der Waals surface area contributed by atoms with Gasteiger partial charge in [0, 0.05) is 11.9 Å². The van der Waals surface area contributed by atoms with Crippen LogP contribution in [0.25, 0.3) is 11.3 Å². The van der Waals surface area contributed by atoms with Gasteiger partial charge in [0.2, 0.25) is 0 Å². The van der Waals surface area contributed by atoms with E-state index < -0.39 is 11.7 Å². The second-order valence-corrected chi connectivity index (χ2v) is 6.56. The highest BCUT2D eigenvalue weighted by atomic mass is 79.9. The molecule has 0 fully saturated rings. The van der Waals surface area contributed by atoms with Gasteiger partial charge in [0.1, 0.15) is 5.82 Å². The van der Waals surface area contributed by atoms with Gasteiger partial charge in [-0.05, 0) is 54.4 Å². The average molecular weight is 461 g/mol. The minimum atomic E-state index is -4.40. The standard InChI is InChI=1S/C19H16F4N2S.BrH/c1-2-10-25-17(13-6-8-15(20)9-7-13)12-26-18(25)24-16-5-3-4-14(11-16)19(21,22)23;/h3-9,11-12H,2,10H2,1H3;1H. The van der Waals surface area contributed by atoms with Crippen LogP contribution in [0.1, 0.15) is 18.9 Å².